The number of hydrogen-bond donors (Lipinski definition) is 2. The number of para-hydroxylation sites is 1. The van der Waals surface area contributed by atoms with Gasteiger partial charge in [0, 0.05) is 68.5 Å². The molecule has 0 spiro atoms. The van der Waals surface area contributed by atoms with Crippen molar-refractivity contribution in [2.45, 2.75) is 33.2 Å². The zero-order chi connectivity index (χ0) is 20.5. The Morgan fingerprint density at radius 1 is 1.17 bits per heavy atom. The van der Waals surface area contributed by atoms with Crippen molar-refractivity contribution in [2.24, 2.45) is 4.99 Å². The van der Waals surface area contributed by atoms with Gasteiger partial charge in [-0.25, -0.2) is 4.98 Å². The number of nitrogens with one attached hydrogen (secondary N) is 2. The first-order chi connectivity index (χ1) is 14.2. The van der Waals surface area contributed by atoms with E-state index in [1.54, 1.807) is 11.3 Å². The van der Waals surface area contributed by atoms with E-state index in [4.69, 9.17) is 4.99 Å². The highest BCUT2D eigenvalue weighted by Gasteiger charge is 2.21. The fourth-order valence-electron chi connectivity index (χ4n) is 3.55. The predicted octanol–water partition coefficient (Wildman–Crippen LogP) is 2.76. The molecule has 7 heteroatoms. The molecule has 1 aromatic heterocycles. The van der Waals surface area contributed by atoms with Gasteiger partial charge in [-0.3, -0.25) is 9.89 Å². The summed E-state index contributed by atoms with van der Waals surface area (Å²) < 4.78 is 0. The summed E-state index contributed by atoms with van der Waals surface area (Å²) in [6.07, 6.45) is 2.87. The molecule has 1 atom stereocenters. The number of anilines is 1. The van der Waals surface area contributed by atoms with Crippen molar-refractivity contribution in [2.75, 3.05) is 50.7 Å². The normalized spacial score (nSPS) is 16.7. The Balaban J connectivity index is 1.43. The largest absolute Gasteiger partial charge is 0.369 e. The van der Waals surface area contributed by atoms with E-state index in [2.05, 4.69) is 76.5 Å². The van der Waals surface area contributed by atoms with Crippen molar-refractivity contribution in [1.29, 1.82) is 0 Å². The maximum Gasteiger partial charge on any atom is 0.191 e. The van der Waals surface area contributed by atoms with Crippen LogP contribution in [0.25, 0.3) is 0 Å². The van der Waals surface area contributed by atoms with Crippen molar-refractivity contribution < 1.29 is 0 Å². The van der Waals surface area contributed by atoms with Crippen LogP contribution in [0.15, 0.2) is 41.5 Å². The van der Waals surface area contributed by atoms with E-state index in [9.17, 15) is 0 Å². The molecule has 0 amide bonds. The van der Waals surface area contributed by atoms with Gasteiger partial charge in [0.25, 0.3) is 0 Å². The monoisotopic (exact) mass is 414 g/mol. The second kappa shape index (κ2) is 11.2. The van der Waals surface area contributed by atoms with Crippen molar-refractivity contribution in [3.05, 3.63) is 46.4 Å². The van der Waals surface area contributed by atoms with E-state index < -0.39 is 0 Å². The highest BCUT2D eigenvalue weighted by molar-refractivity contribution is 7.11. The molecule has 0 radical (unpaired) electrons. The molecule has 3 rings (SSSR count). The molecule has 2 aromatic rings. The number of guanidine groups is 1. The Bertz CT molecular complexity index is 752. The number of thiazole rings is 1. The molecule has 1 aliphatic heterocycles. The Labute approximate surface area is 179 Å². The molecule has 1 aromatic carbocycles. The summed E-state index contributed by atoms with van der Waals surface area (Å²) in [6.45, 7) is 13.3. The van der Waals surface area contributed by atoms with Gasteiger partial charge in [-0.1, -0.05) is 18.2 Å². The first-order valence-electron chi connectivity index (χ1n) is 10.6. The van der Waals surface area contributed by atoms with E-state index in [0.717, 1.165) is 58.2 Å². The topological polar surface area (TPSA) is 55.8 Å². The average Bonchev–Trinajstić information content (AvgIpc) is 3.17. The van der Waals surface area contributed by atoms with E-state index >= 15 is 0 Å². The number of aromatic nitrogens is 1. The zero-order valence-electron chi connectivity index (χ0n) is 17.9. The van der Waals surface area contributed by atoms with Crippen LogP contribution in [0.3, 0.4) is 0 Å². The van der Waals surface area contributed by atoms with Gasteiger partial charge in [-0.2, -0.15) is 0 Å². The highest BCUT2D eigenvalue weighted by Crippen LogP contribution is 2.16. The summed E-state index contributed by atoms with van der Waals surface area (Å²) >= 11 is 1.77. The third kappa shape index (κ3) is 6.72. The SMILES string of the molecule is CCNC(=NCC(C)N1CCN(c2ccccc2)CC1)NCCc1ncc(C)s1. The molecular formula is C22H34N6S. The van der Waals surface area contributed by atoms with Gasteiger partial charge >= 0.3 is 0 Å². The third-order valence-corrected chi connectivity index (χ3v) is 6.19. The Morgan fingerprint density at radius 3 is 2.59 bits per heavy atom. The van der Waals surface area contributed by atoms with Crippen LogP contribution in [0, 0.1) is 6.92 Å². The van der Waals surface area contributed by atoms with Crippen LogP contribution in [-0.2, 0) is 6.42 Å². The lowest BCUT2D eigenvalue weighted by molar-refractivity contribution is 0.201. The van der Waals surface area contributed by atoms with Crippen LogP contribution < -0.4 is 15.5 Å². The van der Waals surface area contributed by atoms with Gasteiger partial charge in [0.1, 0.15) is 0 Å². The van der Waals surface area contributed by atoms with E-state index in [1.807, 2.05) is 6.20 Å². The van der Waals surface area contributed by atoms with Crippen molar-refractivity contribution in [1.82, 2.24) is 20.5 Å². The maximum absolute atomic E-state index is 4.82. The van der Waals surface area contributed by atoms with Crippen LogP contribution in [0.4, 0.5) is 5.69 Å². The van der Waals surface area contributed by atoms with Crippen LogP contribution in [-0.4, -0.2) is 67.7 Å². The van der Waals surface area contributed by atoms with Crippen molar-refractivity contribution >= 4 is 23.0 Å². The van der Waals surface area contributed by atoms with Crippen LogP contribution in [0.1, 0.15) is 23.7 Å². The lowest BCUT2D eigenvalue weighted by Gasteiger charge is -2.38. The number of aliphatic imine (C=N–C) groups is 1. The molecule has 1 unspecified atom stereocenters. The van der Waals surface area contributed by atoms with Crippen LogP contribution >= 0.6 is 11.3 Å². The molecule has 6 nitrogen and oxygen atoms in total. The fourth-order valence-corrected chi connectivity index (χ4v) is 4.33. The first kappa shape index (κ1) is 21.6. The van der Waals surface area contributed by atoms with Crippen molar-refractivity contribution in [3.8, 4) is 0 Å². The van der Waals surface area contributed by atoms with E-state index in [-0.39, 0.29) is 0 Å². The lowest BCUT2D eigenvalue weighted by Crippen LogP contribution is -2.50. The minimum atomic E-state index is 0.435. The Hall–Kier alpha value is -2.12. The van der Waals surface area contributed by atoms with Crippen LogP contribution in [0.2, 0.25) is 0 Å². The van der Waals surface area contributed by atoms with Crippen LogP contribution in [0.5, 0.6) is 0 Å². The molecule has 0 aliphatic carbocycles. The molecule has 0 saturated carbocycles. The van der Waals surface area contributed by atoms with Gasteiger partial charge in [-0.05, 0) is 32.9 Å². The predicted molar refractivity (Wildman–Crippen MR) is 124 cm³/mol. The quantitative estimate of drug-likeness (QED) is 0.514. The van der Waals surface area contributed by atoms with Gasteiger partial charge < -0.3 is 15.5 Å². The molecule has 1 fully saturated rings. The Kier molecular flexibility index (Phi) is 8.31. The van der Waals surface area contributed by atoms with E-state index in [1.165, 1.54) is 15.6 Å². The summed E-state index contributed by atoms with van der Waals surface area (Å²) in [5, 5.41) is 7.98. The van der Waals surface area contributed by atoms with Gasteiger partial charge in [0.15, 0.2) is 5.96 Å². The summed E-state index contributed by atoms with van der Waals surface area (Å²) in [7, 11) is 0. The minimum Gasteiger partial charge on any atom is -0.369 e. The molecule has 29 heavy (non-hydrogen) atoms. The minimum absolute atomic E-state index is 0.435. The van der Waals surface area contributed by atoms with E-state index in [0.29, 0.717) is 6.04 Å². The zero-order valence-corrected chi connectivity index (χ0v) is 18.7. The average molecular weight is 415 g/mol. The summed E-state index contributed by atoms with van der Waals surface area (Å²) in [6, 6.07) is 11.1. The second-order valence-corrected chi connectivity index (χ2v) is 8.79. The molecular weight excluding hydrogens is 380 g/mol. The molecule has 0 bridgehead atoms. The van der Waals surface area contributed by atoms with Crippen molar-refractivity contribution in [3.63, 3.8) is 0 Å². The second-order valence-electron chi connectivity index (χ2n) is 7.47. The number of hydrogen-bond acceptors (Lipinski definition) is 5. The molecule has 1 saturated heterocycles. The fraction of sp³-hybridized carbons (Fsp3) is 0.545. The molecule has 2 N–H and O–H groups in total. The first-order valence-corrected chi connectivity index (χ1v) is 11.4. The van der Waals surface area contributed by atoms with Gasteiger partial charge in [-0.15, -0.1) is 11.3 Å². The molecule has 158 valence electrons. The smallest absolute Gasteiger partial charge is 0.191 e. The molecule has 1 aliphatic rings. The third-order valence-electron chi connectivity index (χ3n) is 5.22. The summed E-state index contributed by atoms with van der Waals surface area (Å²) in [5.41, 5.74) is 1.33. The number of nitrogens with zero attached hydrogens (tertiary/aromatic N) is 4. The molecule has 2 heterocycles. The number of benzene rings is 1. The number of piperazine rings is 1. The van der Waals surface area contributed by atoms with Gasteiger partial charge in [0.2, 0.25) is 0 Å². The standard InChI is InChI=1S/C22H34N6S/c1-4-23-22(24-11-10-21-25-17-19(3)29-21)26-16-18(2)27-12-14-28(15-13-27)20-8-6-5-7-9-20/h5-9,17-18H,4,10-16H2,1-3H3,(H2,23,24,26). The number of rotatable bonds is 8. The lowest BCUT2D eigenvalue weighted by atomic mass is 10.2. The van der Waals surface area contributed by atoms with Gasteiger partial charge in [0.05, 0.1) is 11.6 Å². The Morgan fingerprint density at radius 2 is 1.93 bits per heavy atom. The maximum atomic E-state index is 4.82. The number of aryl methyl sites for hydroxylation is 1. The summed E-state index contributed by atoms with van der Waals surface area (Å²) in [5.74, 6) is 0.899. The summed E-state index contributed by atoms with van der Waals surface area (Å²) in [4.78, 5) is 15.5. The highest BCUT2D eigenvalue weighted by atomic mass is 32.1.